The molecule has 0 spiro atoms. The minimum atomic E-state index is -4.59. The van der Waals surface area contributed by atoms with Gasteiger partial charge >= 0.3 is 12.3 Å². The number of hydrogen-bond acceptors (Lipinski definition) is 4. The third kappa shape index (κ3) is 2.10. The van der Waals surface area contributed by atoms with Crippen LogP contribution in [0.3, 0.4) is 0 Å². The van der Waals surface area contributed by atoms with Crippen LogP contribution in [0.4, 0.5) is 29.5 Å². The average molecular weight is 247 g/mol. The minimum absolute atomic E-state index is 0.0238. The Hall–Kier alpha value is -1.99. The Balaban J connectivity index is 2.25. The molecule has 0 unspecified atom stereocenters. The maximum Gasteiger partial charge on any atom is 0.427 e. The van der Waals surface area contributed by atoms with E-state index >= 15 is 0 Å². The van der Waals surface area contributed by atoms with Crippen LogP contribution in [0.15, 0.2) is 18.3 Å². The summed E-state index contributed by atoms with van der Waals surface area (Å²) >= 11 is 0. The standard InChI is InChI=1S/C9H8F3N3O2/c10-9(11,12)6-4-15(8(16)17-6)7-5(13)2-1-3-14-7/h1-3,6H,4,13H2/t6-/m1/s1. The van der Waals surface area contributed by atoms with Gasteiger partial charge < -0.3 is 10.5 Å². The van der Waals surface area contributed by atoms with Gasteiger partial charge in [-0.15, -0.1) is 0 Å². The van der Waals surface area contributed by atoms with E-state index in [0.29, 0.717) is 0 Å². The molecule has 1 aliphatic heterocycles. The number of halogens is 3. The smallest absolute Gasteiger partial charge is 0.427 e. The summed E-state index contributed by atoms with van der Waals surface area (Å²) in [6.45, 7) is -0.635. The number of carbonyl (C=O) groups is 1. The maximum atomic E-state index is 12.4. The van der Waals surface area contributed by atoms with E-state index in [1.54, 1.807) is 0 Å². The van der Waals surface area contributed by atoms with Crippen LogP contribution in [0.25, 0.3) is 0 Å². The molecular formula is C9H8F3N3O2. The molecule has 1 atom stereocenters. The zero-order valence-electron chi connectivity index (χ0n) is 8.44. The third-order valence-corrected chi connectivity index (χ3v) is 2.25. The van der Waals surface area contributed by atoms with E-state index in [1.165, 1.54) is 18.3 Å². The molecule has 0 aliphatic carbocycles. The molecule has 0 bridgehead atoms. The van der Waals surface area contributed by atoms with Crippen molar-refractivity contribution in [2.45, 2.75) is 12.3 Å². The van der Waals surface area contributed by atoms with Crippen molar-refractivity contribution in [3.8, 4) is 0 Å². The summed E-state index contributed by atoms with van der Waals surface area (Å²) in [5.74, 6) is -0.0238. The summed E-state index contributed by atoms with van der Waals surface area (Å²) in [4.78, 5) is 15.8. The Morgan fingerprint density at radius 1 is 1.53 bits per heavy atom. The van der Waals surface area contributed by atoms with Gasteiger partial charge in [0, 0.05) is 6.20 Å². The van der Waals surface area contributed by atoms with Gasteiger partial charge in [-0.25, -0.2) is 9.78 Å². The molecular weight excluding hydrogens is 239 g/mol. The number of aromatic nitrogens is 1. The van der Waals surface area contributed by atoms with Gasteiger partial charge in [0.15, 0.2) is 5.82 Å². The molecule has 1 saturated heterocycles. The summed E-state index contributed by atoms with van der Waals surface area (Å²) in [6, 6.07) is 2.96. The quantitative estimate of drug-likeness (QED) is 0.817. The second kappa shape index (κ2) is 3.79. The number of nitrogens with two attached hydrogens (primary N) is 1. The van der Waals surface area contributed by atoms with Gasteiger partial charge in [-0.3, -0.25) is 4.90 Å². The van der Waals surface area contributed by atoms with E-state index < -0.39 is 24.9 Å². The monoisotopic (exact) mass is 247 g/mol. The van der Waals surface area contributed by atoms with E-state index in [-0.39, 0.29) is 11.5 Å². The molecule has 1 aliphatic rings. The first-order valence-electron chi connectivity index (χ1n) is 4.65. The second-order valence-electron chi connectivity index (χ2n) is 3.44. The molecule has 8 heteroatoms. The van der Waals surface area contributed by atoms with Gasteiger partial charge in [0.2, 0.25) is 6.10 Å². The molecule has 2 rings (SSSR count). The molecule has 2 N–H and O–H groups in total. The number of rotatable bonds is 1. The normalized spacial score (nSPS) is 20.5. The van der Waals surface area contributed by atoms with Gasteiger partial charge in [0.25, 0.3) is 0 Å². The molecule has 0 aromatic carbocycles. The number of anilines is 2. The van der Waals surface area contributed by atoms with Crippen LogP contribution < -0.4 is 10.6 Å². The zero-order valence-corrected chi connectivity index (χ0v) is 8.44. The van der Waals surface area contributed by atoms with Crippen molar-refractivity contribution in [1.82, 2.24) is 4.98 Å². The van der Waals surface area contributed by atoms with Crippen molar-refractivity contribution < 1.29 is 22.7 Å². The zero-order chi connectivity index (χ0) is 12.6. The van der Waals surface area contributed by atoms with Crippen LogP contribution in [0.2, 0.25) is 0 Å². The summed E-state index contributed by atoms with van der Waals surface area (Å²) < 4.78 is 41.3. The topological polar surface area (TPSA) is 68.4 Å². The van der Waals surface area contributed by atoms with E-state index in [4.69, 9.17) is 5.73 Å². The van der Waals surface area contributed by atoms with Crippen molar-refractivity contribution in [2.75, 3.05) is 17.2 Å². The lowest BCUT2D eigenvalue weighted by Crippen LogP contribution is -2.33. The lowest BCUT2D eigenvalue weighted by molar-refractivity contribution is -0.191. The average Bonchev–Trinajstić information content (AvgIpc) is 2.61. The van der Waals surface area contributed by atoms with E-state index in [1.807, 2.05) is 0 Å². The van der Waals surface area contributed by atoms with Crippen LogP contribution in [-0.2, 0) is 4.74 Å². The van der Waals surface area contributed by atoms with Gasteiger partial charge in [-0.05, 0) is 12.1 Å². The molecule has 17 heavy (non-hydrogen) atoms. The molecule has 5 nitrogen and oxygen atoms in total. The van der Waals surface area contributed by atoms with Gasteiger partial charge in [-0.2, -0.15) is 13.2 Å². The molecule has 1 aromatic heterocycles. The number of cyclic esters (lactones) is 1. The summed E-state index contributed by atoms with van der Waals surface area (Å²) in [5.41, 5.74) is 5.64. The lowest BCUT2D eigenvalue weighted by atomic mass is 10.3. The van der Waals surface area contributed by atoms with Gasteiger partial charge in [0.05, 0.1) is 12.2 Å². The molecule has 2 heterocycles. The predicted molar refractivity (Wildman–Crippen MR) is 52.3 cm³/mol. The number of alkyl halides is 3. The lowest BCUT2D eigenvalue weighted by Gasteiger charge is -2.14. The fraction of sp³-hybridized carbons (Fsp3) is 0.333. The Labute approximate surface area is 94.0 Å². The fourth-order valence-corrected chi connectivity index (χ4v) is 1.44. The fourth-order valence-electron chi connectivity index (χ4n) is 1.44. The van der Waals surface area contributed by atoms with Crippen molar-refractivity contribution >= 4 is 17.6 Å². The summed E-state index contributed by atoms with van der Waals surface area (Å²) in [5, 5.41) is 0. The Bertz CT molecular complexity index is 449. The second-order valence-corrected chi connectivity index (χ2v) is 3.44. The highest BCUT2D eigenvalue weighted by Crippen LogP contribution is 2.32. The first-order chi connectivity index (χ1) is 7.89. The molecule has 0 radical (unpaired) electrons. The largest absolute Gasteiger partial charge is 0.434 e. The van der Waals surface area contributed by atoms with Crippen molar-refractivity contribution in [3.63, 3.8) is 0 Å². The SMILES string of the molecule is Nc1cccnc1N1C[C@H](C(F)(F)F)OC1=O. The van der Waals surface area contributed by atoms with Crippen LogP contribution in [0.5, 0.6) is 0 Å². The van der Waals surface area contributed by atoms with E-state index in [9.17, 15) is 18.0 Å². The maximum absolute atomic E-state index is 12.4. The first-order valence-corrected chi connectivity index (χ1v) is 4.65. The molecule has 0 saturated carbocycles. The van der Waals surface area contributed by atoms with E-state index in [0.717, 1.165) is 4.90 Å². The van der Waals surface area contributed by atoms with E-state index in [2.05, 4.69) is 9.72 Å². The number of ether oxygens (including phenoxy) is 1. The van der Waals surface area contributed by atoms with Crippen molar-refractivity contribution in [1.29, 1.82) is 0 Å². The summed E-state index contributed by atoms with van der Waals surface area (Å²) in [7, 11) is 0. The van der Waals surface area contributed by atoms with Gasteiger partial charge in [-0.1, -0.05) is 0 Å². The highest BCUT2D eigenvalue weighted by atomic mass is 19.4. The van der Waals surface area contributed by atoms with Gasteiger partial charge in [0.1, 0.15) is 0 Å². The predicted octanol–water partition coefficient (Wildman–Crippen LogP) is 1.55. The van der Waals surface area contributed by atoms with Crippen LogP contribution in [0.1, 0.15) is 0 Å². The number of carbonyl (C=O) groups excluding carboxylic acids is 1. The highest BCUT2D eigenvalue weighted by molar-refractivity contribution is 5.91. The molecule has 1 amide bonds. The number of hydrogen-bond donors (Lipinski definition) is 1. The number of pyridine rings is 1. The van der Waals surface area contributed by atoms with Crippen LogP contribution in [0, 0.1) is 0 Å². The number of nitrogens with zero attached hydrogens (tertiary/aromatic N) is 2. The van der Waals surface area contributed by atoms with Crippen molar-refractivity contribution in [2.24, 2.45) is 0 Å². The molecule has 92 valence electrons. The summed E-state index contributed by atoms with van der Waals surface area (Å²) in [6.07, 6.45) is -6.50. The number of amides is 1. The Morgan fingerprint density at radius 3 is 2.76 bits per heavy atom. The Morgan fingerprint density at radius 2 is 2.24 bits per heavy atom. The molecule has 1 fully saturated rings. The van der Waals surface area contributed by atoms with Crippen LogP contribution >= 0.6 is 0 Å². The number of nitrogen functional groups attached to an aromatic ring is 1. The molecule has 1 aromatic rings. The highest BCUT2D eigenvalue weighted by Gasteiger charge is 2.50. The third-order valence-electron chi connectivity index (χ3n) is 2.25. The minimum Gasteiger partial charge on any atom is -0.434 e. The Kier molecular flexibility index (Phi) is 2.56. The van der Waals surface area contributed by atoms with Crippen molar-refractivity contribution in [3.05, 3.63) is 18.3 Å². The van der Waals surface area contributed by atoms with Crippen LogP contribution in [-0.4, -0.2) is 29.9 Å². The first kappa shape index (κ1) is 11.5.